The minimum absolute atomic E-state index is 0.729. The fraction of sp³-hybridized carbons (Fsp3) is 0.600. The van der Waals surface area contributed by atoms with Gasteiger partial charge in [-0.2, -0.15) is 0 Å². The van der Waals surface area contributed by atoms with Gasteiger partial charge >= 0.3 is 0 Å². The summed E-state index contributed by atoms with van der Waals surface area (Å²) in [4.78, 5) is 5.20. The smallest absolute Gasteiger partial charge is 0.0511 e. The van der Waals surface area contributed by atoms with Crippen molar-refractivity contribution in [3.8, 4) is 0 Å². The van der Waals surface area contributed by atoms with E-state index in [0.717, 1.165) is 12.6 Å². The van der Waals surface area contributed by atoms with Gasteiger partial charge in [-0.15, -0.1) is 0 Å². The Balaban J connectivity index is 1.65. The summed E-state index contributed by atoms with van der Waals surface area (Å²) in [5.41, 5.74) is 1.35. The van der Waals surface area contributed by atoms with E-state index in [9.17, 15) is 0 Å². The van der Waals surface area contributed by atoms with Crippen LogP contribution in [0.4, 0.5) is 5.69 Å². The van der Waals surface area contributed by atoms with Crippen LogP contribution in [0.1, 0.15) is 12.8 Å². The number of halogens is 1. The maximum Gasteiger partial charge on any atom is 0.0511 e. The highest BCUT2D eigenvalue weighted by atomic mass is 79.9. The minimum Gasteiger partial charge on any atom is -0.369 e. The molecule has 1 N–H and O–H groups in total. The van der Waals surface area contributed by atoms with Gasteiger partial charge in [0.25, 0.3) is 0 Å². The zero-order chi connectivity index (χ0) is 13.1. The van der Waals surface area contributed by atoms with Crippen molar-refractivity contribution in [1.29, 1.82) is 0 Å². The summed E-state index contributed by atoms with van der Waals surface area (Å²) in [6.45, 7) is 7.12. The molecule has 1 unspecified atom stereocenters. The Morgan fingerprint density at radius 1 is 1.11 bits per heavy atom. The van der Waals surface area contributed by atoms with Crippen LogP contribution in [0, 0.1) is 0 Å². The molecule has 2 saturated heterocycles. The molecule has 1 aromatic carbocycles. The first-order chi connectivity index (χ1) is 9.34. The lowest BCUT2D eigenvalue weighted by molar-refractivity contribution is 0.224. The lowest BCUT2D eigenvalue weighted by Crippen LogP contribution is -2.39. The first kappa shape index (κ1) is 13.4. The van der Waals surface area contributed by atoms with Crippen LogP contribution < -0.4 is 10.2 Å². The van der Waals surface area contributed by atoms with Gasteiger partial charge in [0.2, 0.25) is 0 Å². The molecule has 4 heteroatoms. The Labute approximate surface area is 124 Å². The number of nitrogens with zero attached hydrogens (tertiary/aromatic N) is 2. The molecule has 104 valence electrons. The average molecular weight is 324 g/mol. The monoisotopic (exact) mass is 323 g/mol. The Hall–Kier alpha value is -0.580. The number of para-hydroxylation sites is 1. The zero-order valence-electron chi connectivity index (χ0n) is 11.3. The SMILES string of the molecule is Brc1ccccc1N1CCC(N2CCCNCC2)C1. The van der Waals surface area contributed by atoms with Crippen LogP contribution in [-0.4, -0.2) is 50.2 Å². The Morgan fingerprint density at radius 3 is 2.89 bits per heavy atom. The van der Waals surface area contributed by atoms with Crippen LogP contribution in [0.5, 0.6) is 0 Å². The van der Waals surface area contributed by atoms with Crippen LogP contribution in [0.15, 0.2) is 28.7 Å². The summed E-state index contributed by atoms with van der Waals surface area (Å²) in [7, 11) is 0. The lowest BCUT2D eigenvalue weighted by atomic mass is 10.2. The second-order valence-corrected chi connectivity index (χ2v) is 6.33. The van der Waals surface area contributed by atoms with Crippen molar-refractivity contribution >= 4 is 21.6 Å². The van der Waals surface area contributed by atoms with Gasteiger partial charge < -0.3 is 10.2 Å². The molecule has 0 bridgehead atoms. The first-order valence-corrected chi connectivity index (χ1v) is 8.08. The van der Waals surface area contributed by atoms with E-state index < -0.39 is 0 Å². The molecule has 0 aliphatic carbocycles. The normalized spacial score (nSPS) is 25.5. The maximum absolute atomic E-state index is 3.67. The third-order valence-electron chi connectivity index (χ3n) is 4.25. The van der Waals surface area contributed by atoms with Crippen molar-refractivity contribution in [3.63, 3.8) is 0 Å². The molecular formula is C15H22BrN3. The summed E-state index contributed by atoms with van der Waals surface area (Å²) in [6, 6.07) is 9.30. The van der Waals surface area contributed by atoms with Crippen molar-refractivity contribution in [3.05, 3.63) is 28.7 Å². The molecular weight excluding hydrogens is 302 g/mol. The number of hydrogen-bond donors (Lipinski definition) is 1. The van der Waals surface area contributed by atoms with E-state index >= 15 is 0 Å². The number of benzene rings is 1. The largest absolute Gasteiger partial charge is 0.369 e. The van der Waals surface area contributed by atoms with E-state index in [0.29, 0.717) is 0 Å². The number of rotatable bonds is 2. The quantitative estimate of drug-likeness (QED) is 0.901. The van der Waals surface area contributed by atoms with E-state index in [1.807, 2.05) is 0 Å². The Kier molecular flexibility index (Phi) is 4.41. The molecule has 19 heavy (non-hydrogen) atoms. The summed E-state index contributed by atoms with van der Waals surface area (Å²) in [6.07, 6.45) is 2.58. The fourth-order valence-electron chi connectivity index (χ4n) is 3.20. The minimum atomic E-state index is 0.729. The molecule has 2 fully saturated rings. The molecule has 2 heterocycles. The molecule has 0 radical (unpaired) electrons. The van der Waals surface area contributed by atoms with Gasteiger partial charge in [-0.3, -0.25) is 4.90 Å². The van der Waals surface area contributed by atoms with Crippen LogP contribution in [0.3, 0.4) is 0 Å². The standard InChI is InChI=1S/C15H22BrN3/c16-14-4-1-2-5-15(14)19-10-6-13(12-19)18-9-3-7-17-8-11-18/h1-2,4-5,13,17H,3,6-12H2. The maximum atomic E-state index is 3.67. The number of nitrogens with one attached hydrogen (secondary N) is 1. The number of anilines is 1. The molecule has 3 rings (SSSR count). The van der Waals surface area contributed by atoms with E-state index in [-0.39, 0.29) is 0 Å². The van der Waals surface area contributed by atoms with Crippen molar-refractivity contribution in [1.82, 2.24) is 10.2 Å². The van der Waals surface area contributed by atoms with Crippen molar-refractivity contribution in [2.24, 2.45) is 0 Å². The number of hydrogen-bond acceptors (Lipinski definition) is 3. The van der Waals surface area contributed by atoms with E-state index in [1.54, 1.807) is 0 Å². The molecule has 2 aliphatic rings. The average Bonchev–Trinajstić information content (AvgIpc) is 2.75. The Bertz CT molecular complexity index is 416. The van der Waals surface area contributed by atoms with E-state index in [2.05, 4.69) is 55.3 Å². The zero-order valence-corrected chi connectivity index (χ0v) is 12.9. The first-order valence-electron chi connectivity index (χ1n) is 7.29. The van der Waals surface area contributed by atoms with Gasteiger partial charge in [-0.25, -0.2) is 0 Å². The van der Waals surface area contributed by atoms with Crippen molar-refractivity contribution in [2.75, 3.05) is 44.2 Å². The van der Waals surface area contributed by atoms with Gasteiger partial charge in [-0.1, -0.05) is 12.1 Å². The van der Waals surface area contributed by atoms with Gasteiger partial charge in [0.05, 0.1) is 5.69 Å². The summed E-state index contributed by atoms with van der Waals surface area (Å²) < 4.78 is 1.22. The van der Waals surface area contributed by atoms with Crippen LogP contribution in [0.25, 0.3) is 0 Å². The second kappa shape index (κ2) is 6.25. The van der Waals surface area contributed by atoms with E-state index in [4.69, 9.17) is 0 Å². The van der Waals surface area contributed by atoms with Crippen molar-refractivity contribution < 1.29 is 0 Å². The van der Waals surface area contributed by atoms with Crippen LogP contribution in [0.2, 0.25) is 0 Å². The van der Waals surface area contributed by atoms with E-state index in [1.165, 1.54) is 55.7 Å². The molecule has 0 saturated carbocycles. The topological polar surface area (TPSA) is 18.5 Å². The summed E-state index contributed by atoms with van der Waals surface area (Å²) in [5, 5.41) is 3.49. The van der Waals surface area contributed by atoms with Crippen LogP contribution in [-0.2, 0) is 0 Å². The molecule has 1 atom stereocenters. The Morgan fingerprint density at radius 2 is 2.00 bits per heavy atom. The molecule has 1 aromatic rings. The van der Waals surface area contributed by atoms with Gasteiger partial charge in [0.1, 0.15) is 0 Å². The fourth-order valence-corrected chi connectivity index (χ4v) is 3.73. The van der Waals surface area contributed by atoms with Gasteiger partial charge in [-0.05, 0) is 54.0 Å². The summed E-state index contributed by atoms with van der Waals surface area (Å²) >= 11 is 3.67. The van der Waals surface area contributed by atoms with Crippen LogP contribution >= 0.6 is 15.9 Å². The third-order valence-corrected chi connectivity index (χ3v) is 4.92. The molecule has 0 amide bonds. The van der Waals surface area contributed by atoms with Crippen molar-refractivity contribution in [2.45, 2.75) is 18.9 Å². The molecule has 0 aromatic heterocycles. The highest BCUT2D eigenvalue weighted by Gasteiger charge is 2.28. The molecule has 0 spiro atoms. The second-order valence-electron chi connectivity index (χ2n) is 5.48. The highest BCUT2D eigenvalue weighted by Crippen LogP contribution is 2.29. The molecule has 2 aliphatic heterocycles. The molecule has 3 nitrogen and oxygen atoms in total. The predicted octanol–water partition coefficient (Wildman–Crippen LogP) is 2.32. The lowest BCUT2D eigenvalue weighted by Gasteiger charge is -2.27. The predicted molar refractivity (Wildman–Crippen MR) is 83.8 cm³/mol. The highest BCUT2D eigenvalue weighted by molar-refractivity contribution is 9.10. The van der Waals surface area contributed by atoms with Gasteiger partial charge in [0, 0.05) is 36.7 Å². The van der Waals surface area contributed by atoms with Gasteiger partial charge in [0.15, 0.2) is 0 Å². The summed E-state index contributed by atoms with van der Waals surface area (Å²) in [5.74, 6) is 0. The third kappa shape index (κ3) is 3.12.